The molecule has 6 aromatic rings. The third kappa shape index (κ3) is 2.62. The Morgan fingerprint density at radius 1 is 0.472 bits per heavy atom. The smallest absolute Gasteiger partial charge is 0.0493 e. The Hall–Kier alpha value is -4.04. The minimum atomic E-state index is 0.443. The summed E-state index contributed by atoms with van der Waals surface area (Å²) in [5.41, 5.74) is 8.23. The fraction of sp³-hybridized carbons (Fsp3) is 0.176. The molecule has 0 amide bonds. The highest BCUT2D eigenvalue weighted by molar-refractivity contribution is 6.27. The van der Waals surface area contributed by atoms with Crippen molar-refractivity contribution in [2.75, 3.05) is 9.80 Å². The maximum atomic E-state index is 2.56. The lowest BCUT2D eigenvalue weighted by Crippen LogP contribution is -2.24. The number of hydrogen-bond acceptors (Lipinski definition) is 2. The van der Waals surface area contributed by atoms with Crippen LogP contribution in [0.25, 0.3) is 32.3 Å². The van der Waals surface area contributed by atoms with E-state index in [2.05, 4.69) is 121 Å². The van der Waals surface area contributed by atoms with E-state index in [0.29, 0.717) is 12.1 Å². The van der Waals surface area contributed by atoms with Crippen LogP contribution < -0.4 is 9.80 Å². The summed E-state index contributed by atoms with van der Waals surface area (Å²) in [6.07, 6.45) is 2.18. The molecule has 36 heavy (non-hydrogen) atoms. The lowest BCUT2D eigenvalue weighted by molar-refractivity contribution is 0.760. The van der Waals surface area contributed by atoms with Crippen LogP contribution in [0.1, 0.15) is 25.0 Å². The summed E-state index contributed by atoms with van der Waals surface area (Å²) in [6, 6.07) is 37.3. The zero-order chi connectivity index (χ0) is 24.0. The summed E-state index contributed by atoms with van der Waals surface area (Å²) < 4.78 is 0. The third-order valence-corrected chi connectivity index (χ3v) is 8.55. The van der Waals surface area contributed by atoms with Crippen LogP contribution in [0.3, 0.4) is 0 Å². The molecule has 0 saturated carbocycles. The summed E-state index contributed by atoms with van der Waals surface area (Å²) in [6.45, 7) is 4.70. The standard InChI is InChI=1S/C34H28N2/c1-21-19-25-7-3-5-9-29(25)35(21)31-17-13-23-12-16-28-32(18-14-24-11-15-27(31)33(23)34(24)28)36-22(2)20-26-8-4-6-10-30(26)36/h3-18,21-22H,19-20H2,1-2H3. The first kappa shape index (κ1) is 20.2. The van der Waals surface area contributed by atoms with Gasteiger partial charge in [0.15, 0.2) is 0 Å². The van der Waals surface area contributed by atoms with E-state index in [1.54, 1.807) is 0 Å². The molecule has 2 aliphatic rings. The monoisotopic (exact) mass is 464 g/mol. The van der Waals surface area contributed by atoms with E-state index in [0.717, 1.165) is 12.8 Å². The molecule has 2 unspecified atom stereocenters. The lowest BCUT2D eigenvalue weighted by atomic mass is 9.92. The fourth-order valence-corrected chi connectivity index (χ4v) is 7.06. The van der Waals surface area contributed by atoms with Crippen LogP contribution in [0.2, 0.25) is 0 Å². The van der Waals surface area contributed by atoms with Gasteiger partial charge in [0.2, 0.25) is 0 Å². The van der Waals surface area contributed by atoms with Crippen LogP contribution in [0, 0.1) is 0 Å². The van der Waals surface area contributed by atoms with Crippen LogP contribution in [-0.2, 0) is 12.8 Å². The minimum Gasteiger partial charge on any atom is -0.338 e. The normalized spacial score (nSPS) is 19.1. The number of rotatable bonds is 2. The van der Waals surface area contributed by atoms with Crippen molar-refractivity contribution >= 4 is 55.1 Å². The highest BCUT2D eigenvalue weighted by Gasteiger charge is 2.30. The first-order valence-electron chi connectivity index (χ1n) is 13.1. The quantitative estimate of drug-likeness (QED) is 0.236. The van der Waals surface area contributed by atoms with Gasteiger partial charge >= 0.3 is 0 Å². The first-order valence-corrected chi connectivity index (χ1v) is 13.1. The van der Waals surface area contributed by atoms with Gasteiger partial charge < -0.3 is 9.80 Å². The van der Waals surface area contributed by atoms with Gasteiger partial charge in [-0.25, -0.2) is 0 Å². The molecule has 2 aliphatic heterocycles. The van der Waals surface area contributed by atoms with Crippen LogP contribution in [0.5, 0.6) is 0 Å². The Bertz CT molecular complexity index is 1670. The predicted molar refractivity (Wildman–Crippen MR) is 154 cm³/mol. The Morgan fingerprint density at radius 3 is 1.36 bits per heavy atom. The molecule has 0 radical (unpaired) electrons. The van der Waals surface area contributed by atoms with E-state index in [4.69, 9.17) is 0 Å². The molecule has 2 nitrogen and oxygen atoms in total. The molecule has 6 aromatic carbocycles. The highest BCUT2D eigenvalue weighted by atomic mass is 15.2. The second-order valence-electron chi connectivity index (χ2n) is 10.7. The molecule has 0 bridgehead atoms. The number of anilines is 4. The van der Waals surface area contributed by atoms with Crippen molar-refractivity contribution in [2.45, 2.75) is 38.8 Å². The van der Waals surface area contributed by atoms with Crippen molar-refractivity contribution in [1.82, 2.24) is 0 Å². The van der Waals surface area contributed by atoms with E-state index in [9.17, 15) is 0 Å². The van der Waals surface area contributed by atoms with Gasteiger partial charge in [-0.15, -0.1) is 0 Å². The van der Waals surface area contributed by atoms with Crippen molar-refractivity contribution in [3.8, 4) is 0 Å². The fourth-order valence-electron chi connectivity index (χ4n) is 7.06. The number of fused-ring (bicyclic) bond motifs is 2. The van der Waals surface area contributed by atoms with E-state index in [-0.39, 0.29) is 0 Å². The zero-order valence-corrected chi connectivity index (χ0v) is 20.7. The van der Waals surface area contributed by atoms with Crippen LogP contribution in [0.4, 0.5) is 22.7 Å². The number of hydrogen-bond donors (Lipinski definition) is 0. The molecule has 0 aliphatic carbocycles. The largest absolute Gasteiger partial charge is 0.338 e. The van der Waals surface area contributed by atoms with Crippen molar-refractivity contribution in [2.24, 2.45) is 0 Å². The van der Waals surface area contributed by atoms with Crippen molar-refractivity contribution in [1.29, 1.82) is 0 Å². The molecule has 0 aromatic heterocycles. The topological polar surface area (TPSA) is 6.48 Å². The molecule has 2 atom stereocenters. The van der Waals surface area contributed by atoms with E-state index < -0.39 is 0 Å². The van der Waals surface area contributed by atoms with Gasteiger partial charge in [-0.2, -0.15) is 0 Å². The van der Waals surface area contributed by atoms with E-state index in [1.807, 2.05) is 0 Å². The van der Waals surface area contributed by atoms with Gasteiger partial charge in [0.1, 0.15) is 0 Å². The SMILES string of the molecule is CC1Cc2ccccc2N1c1ccc2ccc3c(N4c5ccccc5CC4C)ccc4ccc1c2c43. The summed E-state index contributed by atoms with van der Waals surface area (Å²) in [4.78, 5) is 5.11. The maximum Gasteiger partial charge on any atom is 0.0493 e. The minimum absolute atomic E-state index is 0.443. The maximum absolute atomic E-state index is 2.56. The number of nitrogens with zero attached hydrogens (tertiary/aromatic N) is 2. The summed E-state index contributed by atoms with van der Waals surface area (Å²) in [5, 5.41) is 8.11. The summed E-state index contributed by atoms with van der Waals surface area (Å²) in [7, 11) is 0. The highest BCUT2D eigenvalue weighted by Crippen LogP contribution is 2.48. The molecule has 2 heterocycles. The molecule has 2 heteroatoms. The second-order valence-corrected chi connectivity index (χ2v) is 10.7. The van der Waals surface area contributed by atoms with Crippen molar-refractivity contribution in [3.05, 3.63) is 108 Å². The molecule has 0 spiro atoms. The first-order chi connectivity index (χ1) is 17.7. The van der Waals surface area contributed by atoms with Crippen LogP contribution in [-0.4, -0.2) is 12.1 Å². The van der Waals surface area contributed by atoms with Gasteiger partial charge in [0.05, 0.1) is 0 Å². The third-order valence-electron chi connectivity index (χ3n) is 8.55. The summed E-state index contributed by atoms with van der Waals surface area (Å²) in [5.74, 6) is 0. The molecular formula is C34H28N2. The molecule has 0 N–H and O–H groups in total. The lowest BCUT2D eigenvalue weighted by Gasteiger charge is -2.29. The van der Waals surface area contributed by atoms with Crippen LogP contribution in [0.15, 0.2) is 97.1 Å². The molecular weight excluding hydrogens is 436 g/mol. The van der Waals surface area contributed by atoms with Gasteiger partial charge in [0.25, 0.3) is 0 Å². The summed E-state index contributed by atoms with van der Waals surface area (Å²) >= 11 is 0. The zero-order valence-electron chi connectivity index (χ0n) is 20.7. The molecule has 174 valence electrons. The Kier molecular flexibility index (Phi) is 4.06. The van der Waals surface area contributed by atoms with Crippen molar-refractivity contribution in [3.63, 3.8) is 0 Å². The van der Waals surface area contributed by atoms with Crippen LogP contribution >= 0.6 is 0 Å². The van der Waals surface area contributed by atoms with E-state index >= 15 is 0 Å². The van der Waals surface area contributed by atoms with Gasteiger partial charge in [0, 0.05) is 45.6 Å². The van der Waals surface area contributed by atoms with Gasteiger partial charge in [-0.3, -0.25) is 0 Å². The number of benzene rings is 6. The molecule has 0 fully saturated rings. The second kappa shape index (κ2) is 7.24. The average molecular weight is 465 g/mol. The molecule has 8 rings (SSSR count). The Labute approximate surface area is 211 Å². The van der Waals surface area contributed by atoms with E-state index in [1.165, 1.54) is 66.2 Å². The average Bonchev–Trinajstić information content (AvgIpc) is 3.42. The number of para-hydroxylation sites is 2. The molecule has 0 saturated heterocycles. The van der Waals surface area contributed by atoms with Gasteiger partial charge in [-0.1, -0.05) is 72.8 Å². The Morgan fingerprint density at radius 2 is 0.889 bits per heavy atom. The Balaban J connectivity index is 1.40. The van der Waals surface area contributed by atoms with Crippen molar-refractivity contribution < 1.29 is 0 Å². The van der Waals surface area contributed by atoms with Gasteiger partial charge in [-0.05, 0) is 83.6 Å². The predicted octanol–water partition coefficient (Wildman–Crippen LogP) is 8.75.